The quantitative estimate of drug-likeness (QED) is 0.427. The summed E-state index contributed by atoms with van der Waals surface area (Å²) in [6.45, 7) is 4.17. The van der Waals surface area contributed by atoms with Crippen molar-refractivity contribution in [1.82, 2.24) is 5.32 Å². The minimum Gasteiger partial charge on any atom is -0.349 e. The van der Waals surface area contributed by atoms with Crippen LogP contribution in [-0.4, -0.2) is 17.9 Å². The summed E-state index contributed by atoms with van der Waals surface area (Å²) in [7, 11) is 0. The normalized spacial score (nSPS) is 37.3. The van der Waals surface area contributed by atoms with Gasteiger partial charge in [-0.1, -0.05) is 19.9 Å². The number of anilines is 1. The van der Waals surface area contributed by atoms with E-state index in [1.54, 1.807) is 6.08 Å². The van der Waals surface area contributed by atoms with E-state index in [1.807, 2.05) is 13.0 Å². The van der Waals surface area contributed by atoms with Crippen molar-refractivity contribution >= 4 is 17.5 Å². The van der Waals surface area contributed by atoms with Gasteiger partial charge in [0.25, 0.3) is 0 Å². The Bertz CT molecular complexity index is 1140. The monoisotopic (exact) mass is 528 g/mol. The molecule has 4 unspecified atom stereocenters. The zero-order chi connectivity index (χ0) is 27.0. The number of hydrogen-bond acceptors (Lipinski definition) is 2. The molecule has 1 aliphatic heterocycles. The molecule has 202 valence electrons. The molecule has 5 rings (SSSR count). The summed E-state index contributed by atoms with van der Waals surface area (Å²) in [5, 5.41) is 5.33. The largest absolute Gasteiger partial charge is 0.418 e. The lowest BCUT2D eigenvalue weighted by atomic mass is 9.48. The average molecular weight is 529 g/mol. The minimum atomic E-state index is -4.91. The van der Waals surface area contributed by atoms with E-state index < -0.39 is 46.4 Å². The molecular weight excluding hydrogens is 498 g/mol. The van der Waals surface area contributed by atoms with Gasteiger partial charge in [-0.05, 0) is 86.0 Å². The number of nitrogens with one attached hydrogen (secondary N) is 2. The van der Waals surface area contributed by atoms with Crippen molar-refractivity contribution in [2.75, 3.05) is 5.32 Å². The third-order valence-electron chi connectivity index (χ3n) is 9.91. The molecular formula is C27H30F6N2O2. The van der Waals surface area contributed by atoms with Gasteiger partial charge < -0.3 is 10.6 Å². The number of alkyl halides is 6. The predicted molar refractivity (Wildman–Crippen MR) is 124 cm³/mol. The highest BCUT2D eigenvalue weighted by atomic mass is 19.4. The molecule has 3 aliphatic carbocycles. The molecule has 3 fully saturated rings. The van der Waals surface area contributed by atoms with Gasteiger partial charge in [-0.15, -0.1) is 0 Å². The molecule has 3 saturated carbocycles. The van der Waals surface area contributed by atoms with Crippen LogP contribution in [0.15, 0.2) is 30.4 Å². The average Bonchev–Trinajstić information content (AvgIpc) is 3.15. The molecule has 10 heteroatoms. The van der Waals surface area contributed by atoms with Crippen molar-refractivity contribution in [3.63, 3.8) is 0 Å². The number of hydrogen-bond donors (Lipinski definition) is 2. The number of carbonyl (C=O) groups is 2. The van der Waals surface area contributed by atoms with Crippen LogP contribution in [0, 0.1) is 34.5 Å². The van der Waals surface area contributed by atoms with Gasteiger partial charge in [-0.25, -0.2) is 0 Å². The van der Waals surface area contributed by atoms with Crippen molar-refractivity contribution in [3.8, 4) is 0 Å². The van der Waals surface area contributed by atoms with E-state index in [0.29, 0.717) is 42.9 Å². The van der Waals surface area contributed by atoms with Gasteiger partial charge in [0.15, 0.2) is 0 Å². The van der Waals surface area contributed by atoms with E-state index in [2.05, 4.69) is 17.6 Å². The Balaban J connectivity index is 1.40. The lowest BCUT2D eigenvalue weighted by molar-refractivity contribution is -0.141. The summed E-state index contributed by atoms with van der Waals surface area (Å²) in [4.78, 5) is 25.3. The second-order valence-corrected chi connectivity index (χ2v) is 11.6. The Morgan fingerprint density at radius 2 is 1.70 bits per heavy atom. The van der Waals surface area contributed by atoms with Crippen molar-refractivity contribution in [1.29, 1.82) is 0 Å². The molecule has 37 heavy (non-hydrogen) atoms. The highest BCUT2D eigenvalue weighted by molar-refractivity contribution is 5.94. The first kappa shape index (κ1) is 26.1. The van der Waals surface area contributed by atoms with Crippen LogP contribution < -0.4 is 10.6 Å². The van der Waals surface area contributed by atoms with Crippen LogP contribution in [-0.2, 0) is 21.9 Å². The van der Waals surface area contributed by atoms with Gasteiger partial charge >= 0.3 is 12.4 Å². The Hall–Kier alpha value is -2.52. The Kier molecular flexibility index (Phi) is 5.99. The van der Waals surface area contributed by atoms with E-state index in [9.17, 15) is 35.9 Å². The van der Waals surface area contributed by atoms with Crippen LogP contribution in [0.4, 0.5) is 32.0 Å². The van der Waals surface area contributed by atoms with Crippen molar-refractivity contribution in [2.45, 2.75) is 70.8 Å². The zero-order valence-corrected chi connectivity index (χ0v) is 20.6. The molecule has 0 radical (unpaired) electrons. The van der Waals surface area contributed by atoms with Gasteiger partial charge in [-0.3, -0.25) is 9.59 Å². The Morgan fingerprint density at radius 3 is 2.38 bits per heavy atom. The molecule has 0 aromatic heterocycles. The molecule has 7 atom stereocenters. The second-order valence-electron chi connectivity index (χ2n) is 11.6. The molecule has 2 amide bonds. The summed E-state index contributed by atoms with van der Waals surface area (Å²) in [6, 6.07) is 1.18. The smallest absolute Gasteiger partial charge is 0.349 e. The molecule has 1 aromatic rings. The van der Waals surface area contributed by atoms with Gasteiger partial charge in [-0.2, -0.15) is 26.3 Å². The van der Waals surface area contributed by atoms with Gasteiger partial charge in [0.05, 0.1) is 16.8 Å². The standard InChI is InChI=1S/C27H30F6N2O2/c1-24-11-9-17-15(4-8-21-25(17,2)12-10-22(36)35-21)16(24)6-7-19(24)23(37)34-20-13-14(26(28,29)30)3-5-18(20)27(31,32)33/h3,5,10,12-13,15-17,19,21H,4,6-9,11H2,1-2H3,(H,34,37)(H,35,36)/t15?,16?,17?,19-,21?,24+,25-/m1/s1. The maximum absolute atomic E-state index is 13.6. The van der Waals surface area contributed by atoms with Crippen LogP contribution >= 0.6 is 0 Å². The van der Waals surface area contributed by atoms with E-state index in [4.69, 9.17) is 0 Å². The maximum Gasteiger partial charge on any atom is 0.418 e. The van der Waals surface area contributed by atoms with E-state index in [0.717, 1.165) is 25.7 Å². The molecule has 1 aromatic carbocycles. The van der Waals surface area contributed by atoms with Gasteiger partial charge in [0.2, 0.25) is 11.8 Å². The second kappa shape index (κ2) is 8.50. The Morgan fingerprint density at radius 1 is 0.973 bits per heavy atom. The van der Waals surface area contributed by atoms with Crippen LogP contribution in [0.25, 0.3) is 0 Å². The van der Waals surface area contributed by atoms with Crippen LogP contribution in [0.3, 0.4) is 0 Å². The van der Waals surface area contributed by atoms with E-state index >= 15 is 0 Å². The zero-order valence-electron chi connectivity index (χ0n) is 20.6. The van der Waals surface area contributed by atoms with Gasteiger partial charge in [0.1, 0.15) is 0 Å². The minimum absolute atomic E-state index is 0.0535. The number of amides is 2. The molecule has 0 bridgehead atoms. The van der Waals surface area contributed by atoms with Crippen molar-refractivity contribution < 1.29 is 35.9 Å². The fourth-order valence-corrected chi connectivity index (χ4v) is 8.06. The highest BCUT2D eigenvalue weighted by Crippen LogP contribution is 2.65. The first-order valence-electron chi connectivity index (χ1n) is 12.7. The van der Waals surface area contributed by atoms with Crippen molar-refractivity contribution in [2.24, 2.45) is 34.5 Å². The van der Waals surface area contributed by atoms with Crippen LogP contribution in [0.2, 0.25) is 0 Å². The summed E-state index contributed by atoms with van der Waals surface area (Å²) < 4.78 is 80.4. The number of rotatable bonds is 2. The highest BCUT2D eigenvalue weighted by Gasteiger charge is 2.61. The third kappa shape index (κ3) is 4.24. The van der Waals surface area contributed by atoms with Crippen molar-refractivity contribution in [3.05, 3.63) is 41.5 Å². The first-order chi connectivity index (χ1) is 17.1. The van der Waals surface area contributed by atoms with E-state index in [1.165, 1.54) is 0 Å². The number of carbonyl (C=O) groups excluding carboxylic acids is 2. The maximum atomic E-state index is 13.6. The fourth-order valence-electron chi connectivity index (χ4n) is 8.06. The lowest BCUT2D eigenvalue weighted by Crippen LogP contribution is -2.59. The third-order valence-corrected chi connectivity index (χ3v) is 9.91. The number of halogens is 6. The summed E-state index contributed by atoms with van der Waals surface area (Å²) in [5.41, 5.74) is -4.06. The number of benzene rings is 1. The fraction of sp³-hybridized carbons (Fsp3) is 0.630. The molecule has 1 heterocycles. The van der Waals surface area contributed by atoms with Gasteiger partial charge in [0, 0.05) is 17.4 Å². The topological polar surface area (TPSA) is 58.2 Å². The van der Waals surface area contributed by atoms with E-state index in [-0.39, 0.29) is 23.3 Å². The summed E-state index contributed by atoms with van der Waals surface area (Å²) in [6.07, 6.45) is -1.73. The molecule has 0 spiro atoms. The molecule has 4 nitrogen and oxygen atoms in total. The first-order valence-corrected chi connectivity index (χ1v) is 12.7. The summed E-state index contributed by atoms with van der Waals surface area (Å²) >= 11 is 0. The predicted octanol–water partition coefficient (Wildman–Crippen LogP) is 6.58. The lowest BCUT2D eigenvalue weighted by Gasteiger charge is -2.58. The van der Waals surface area contributed by atoms with Crippen LogP contribution in [0.1, 0.15) is 63.5 Å². The molecule has 4 aliphatic rings. The van der Waals surface area contributed by atoms with Crippen LogP contribution in [0.5, 0.6) is 0 Å². The number of fused-ring (bicyclic) bond motifs is 5. The SMILES string of the molecule is C[C@]12C=CC(=O)NC1CCC1C2CC[C@@]2(C)C1CC[C@@H]2C(=O)Nc1cc(C(F)(F)F)ccc1C(F)(F)F. The Labute approximate surface area is 211 Å². The molecule has 2 N–H and O–H groups in total. The molecule has 0 saturated heterocycles. The summed E-state index contributed by atoms with van der Waals surface area (Å²) in [5.74, 6) is -0.555.